The Morgan fingerprint density at radius 3 is 1.38 bits per heavy atom. The average molecular weight is 1310 g/mol. The summed E-state index contributed by atoms with van der Waals surface area (Å²) in [5.41, 5.74) is 15.1. The van der Waals surface area contributed by atoms with Crippen LogP contribution >= 0.6 is 15.9 Å². The number of aliphatic hydroxyl groups excluding tert-OH is 1. The Balaban J connectivity index is 0.000000177. The summed E-state index contributed by atoms with van der Waals surface area (Å²) in [5, 5.41) is 10.3. The maximum Gasteiger partial charge on any atom is 1.00 e. The van der Waals surface area contributed by atoms with Crippen LogP contribution in [0.3, 0.4) is 0 Å². The van der Waals surface area contributed by atoms with Gasteiger partial charge in [-0.1, -0.05) is 203 Å². The summed E-state index contributed by atoms with van der Waals surface area (Å²) >= 11 is 3.33. The van der Waals surface area contributed by atoms with Crippen molar-refractivity contribution in [1.29, 1.82) is 0 Å². The number of carbonyl (C=O) groups is 2. The van der Waals surface area contributed by atoms with Gasteiger partial charge < -0.3 is 17.0 Å². The molecule has 0 heterocycles. The molecule has 15 heteroatoms. The number of fused-ring (bicyclic) bond motifs is 4. The number of ketones is 2. The molecule has 0 aliphatic heterocycles. The molecule has 9 nitrogen and oxygen atoms in total. The van der Waals surface area contributed by atoms with Crippen LogP contribution in [-0.4, -0.2) is 65.3 Å². The zero-order valence-electron chi connectivity index (χ0n) is 52.9. The Kier molecular flexibility index (Phi) is 27.4. The van der Waals surface area contributed by atoms with Crippen LogP contribution in [0.1, 0.15) is 190 Å². The van der Waals surface area contributed by atoms with Crippen LogP contribution in [0.4, 0.5) is 4.39 Å². The number of nitrogens with two attached hydrogens (primary N) is 1. The molecule has 88 heavy (non-hydrogen) atoms. The summed E-state index contributed by atoms with van der Waals surface area (Å²) in [4.78, 5) is 24.0. The summed E-state index contributed by atoms with van der Waals surface area (Å²) in [6.45, 7) is 0. The van der Waals surface area contributed by atoms with Gasteiger partial charge in [-0.3, -0.25) is 9.59 Å². The van der Waals surface area contributed by atoms with Crippen molar-refractivity contribution >= 4 is 55.6 Å². The predicted molar refractivity (Wildman–Crippen MR) is 353 cm³/mol. The molecule has 6 aromatic rings. The van der Waals surface area contributed by atoms with Crippen LogP contribution in [0.5, 0.6) is 5.75 Å². The van der Waals surface area contributed by atoms with E-state index in [1.165, 1.54) is 167 Å². The van der Waals surface area contributed by atoms with Gasteiger partial charge in [0.15, 0.2) is 31.2 Å². The second-order valence-electron chi connectivity index (χ2n) is 25.6. The summed E-state index contributed by atoms with van der Waals surface area (Å²) in [7, 11) is -6.36. The minimum Gasteiger partial charge on any atom is -1.00 e. The van der Waals surface area contributed by atoms with E-state index in [4.69, 9.17) is 10.5 Å². The molecular formula is C73H90BBrFNNaO8S2. The van der Waals surface area contributed by atoms with Gasteiger partial charge in [-0.15, -0.1) is 0 Å². The van der Waals surface area contributed by atoms with E-state index in [0.717, 1.165) is 85.1 Å². The summed E-state index contributed by atoms with van der Waals surface area (Å²) in [6.07, 6.45) is 31.5. The van der Waals surface area contributed by atoms with Gasteiger partial charge in [0.1, 0.15) is 17.7 Å². The van der Waals surface area contributed by atoms with Crippen LogP contribution in [-0.2, 0) is 45.4 Å². The van der Waals surface area contributed by atoms with Crippen molar-refractivity contribution in [2.24, 2.45) is 41.2 Å². The first-order valence-electron chi connectivity index (χ1n) is 31.8. The van der Waals surface area contributed by atoms with E-state index in [1.807, 2.05) is 48.5 Å². The topological polar surface area (TPSA) is 158 Å². The quantitative estimate of drug-likeness (QED) is 0.0774. The Bertz CT molecular complexity index is 3430. The molecule has 8 aliphatic carbocycles. The standard InChI is InChI=1S/C22H26O3S.C15H20O.C15H18O.C9H7BrO.C7H7FO2S.C5H11N.B.Na.H/c1-26(23,24)20-12-10-19(11-13-20)25-22-18(14-16-6-2-3-7-16)15-17-8-4-5-9-21(17)22;2*16-15-13(9-11-5-1-2-6-11)10-12-7-3-4-8-14(12)15;10-8-5-6-3-1-2-4-7(6)9(8)11;1-11(9,10)7-4-2-6(8)3-5-7;6-5-3-1-2-4-5;;;/h4-5,8-13,16,18,22H,2-3,6-7,14-15H2,1H3;3-4,7-8,11,13,15-16H,1-2,5-6,9-10H2;3-4,7-8,11,13H,1-2,5-6,9-10H2;1-4,8H,5H2;2-5H,1H3;5H,1-4,6H2;;;/q;;;;;;;+1;-1/t18-,22+;;;;;;;;/m0......../s1. The number of carbonyl (C=O) groups excluding carboxylic acids is 2. The van der Waals surface area contributed by atoms with E-state index in [-0.39, 0.29) is 67.1 Å². The van der Waals surface area contributed by atoms with Crippen LogP contribution < -0.4 is 40.0 Å². The number of halogens is 2. The smallest absolute Gasteiger partial charge is 1.00 e. The van der Waals surface area contributed by atoms with Gasteiger partial charge >= 0.3 is 29.6 Å². The average Bonchev–Trinajstić information content (AvgIpc) is 2.09. The van der Waals surface area contributed by atoms with Gasteiger partial charge in [-0.25, -0.2) is 21.2 Å². The third-order valence-electron chi connectivity index (χ3n) is 19.1. The van der Waals surface area contributed by atoms with Crippen LogP contribution in [0.2, 0.25) is 0 Å². The van der Waals surface area contributed by atoms with Gasteiger partial charge in [0.05, 0.1) is 20.7 Å². The van der Waals surface area contributed by atoms with E-state index in [2.05, 4.69) is 64.5 Å². The minimum absolute atomic E-state index is 0. The SMILES string of the molecule is CS(=O)(=O)c1ccc(F)cc1.CS(=O)(=O)c1ccc(O[C@H]2c3ccccc3C[C@@H]2CC2CCCC2)cc1.NC1CCCC1.O=C1c2ccccc2CC1Br.O=C1c2ccccc2CC1CC1CCCC1.OC1c2ccccc2CC1CC1CCCC1.[B].[H-].[Na+]. The molecule has 6 aromatic carbocycles. The van der Waals surface area contributed by atoms with E-state index in [9.17, 15) is 35.9 Å². The Labute approximate surface area is 558 Å². The van der Waals surface area contributed by atoms with E-state index in [0.29, 0.717) is 34.5 Å². The zero-order chi connectivity index (χ0) is 60.8. The fourth-order valence-electron chi connectivity index (χ4n) is 14.5. The number of hydrogen-bond donors (Lipinski definition) is 2. The summed E-state index contributed by atoms with van der Waals surface area (Å²) in [6, 6.07) is 45.0. The molecule has 3 radical (unpaired) electrons. The third kappa shape index (κ3) is 19.9. The van der Waals surface area contributed by atoms with E-state index in [1.54, 1.807) is 24.3 Å². The number of ether oxygens (including phenoxy) is 1. The Morgan fingerprint density at radius 1 is 0.511 bits per heavy atom. The zero-order valence-corrected chi connectivity index (χ0v) is 57.1. The number of hydrogen-bond acceptors (Lipinski definition) is 9. The molecule has 0 spiro atoms. The number of alkyl halides is 1. The molecule has 4 saturated carbocycles. The Hall–Kier alpha value is -4.25. The van der Waals surface area contributed by atoms with Crippen LogP contribution in [0, 0.1) is 41.3 Å². The van der Waals surface area contributed by atoms with Crippen molar-refractivity contribution in [2.45, 2.75) is 181 Å². The number of aliphatic hydroxyl groups is 1. The normalized spacial score (nSPS) is 22.7. The van der Waals surface area contributed by atoms with Gasteiger partial charge in [0, 0.05) is 49.9 Å². The van der Waals surface area contributed by atoms with E-state index >= 15 is 0 Å². The molecule has 0 bridgehead atoms. The van der Waals surface area contributed by atoms with E-state index < -0.39 is 25.5 Å². The molecule has 8 aliphatic rings. The number of sulfone groups is 2. The predicted octanol–water partition coefficient (Wildman–Crippen LogP) is 13.1. The fraction of sp³-hybridized carbons (Fsp3) is 0.479. The summed E-state index contributed by atoms with van der Waals surface area (Å²) in [5.74, 6) is 4.76. The van der Waals surface area contributed by atoms with Gasteiger partial charge in [-0.05, 0) is 163 Å². The molecule has 4 unspecified atom stereocenters. The molecule has 0 aromatic heterocycles. The molecule has 14 rings (SSSR count). The van der Waals surface area contributed by atoms with Crippen LogP contribution in [0.15, 0.2) is 155 Å². The molecular weight excluding hydrogens is 1220 g/mol. The number of benzene rings is 6. The van der Waals surface area contributed by atoms with Crippen molar-refractivity contribution in [1.82, 2.24) is 0 Å². The maximum atomic E-state index is 12.3. The fourth-order valence-corrected chi connectivity index (χ4v) is 16.4. The molecule has 465 valence electrons. The van der Waals surface area contributed by atoms with Crippen molar-refractivity contribution < 1.29 is 71.6 Å². The van der Waals surface area contributed by atoms with Crippen molar-refractivity contribution in [3.8, 4) is 5.75 Å². The number of rotatable bonds is 10. The van der Waals surface area contributed by atoms with Crippen molar-refractivity contribution in [3.05, 3.63) is 196 Å². The molecule has 0 saturated heterocycles. The Morgan fingerprint density at radius 2 is 0.909 bits per heavy atom. The maximum absolute atomic E-state index is 12.3. The summed E-state index contributed by atoms with van der Waals surface area (Å²) < 4.78 is 63.6. The number of Topliss-reactive ketones (excluding diaryl/α,β-unsaturated/α-hetero) is 2. The third-order valence-corrected chi connectivity index (χ3v) is 22.1. The first-order valence-corrected chi connectivity index (χ1v) is 36.5. The largest absolute Gasteiger partial charge is 1.00 e. The first kappa shape index (κ1) is 71.2. The minimum atomic E-state index is -3.19. The molecule has 4 fully saturated rings. The van der Waals surface area contributed by atoms with Crippen LogP contribution in [0.25, 0.3) is 0 Å². The van der Waals surface area contributed by atoms with Gasteiger partial charge in [-0.2, -0.15) is 0 Å². The van der Waals surface area contributed by atoms with Gasteiger partial charge in [0.2, 0.25) is 0 Å². The van der Waals surface area contributed by atoms with Crippen molar-refractivity contribution in [3.63, 3.8) is 0 Å². The molecule has 0 amide bonds. The van der Waals surface area contributed by atoms with Gasteiger partial charge in [0.25, 0.3) is 0 Å². The first-order chi connectivity index (χ1) is 41.4. The second-order valence-corrected chi connectivity index (χ2v) is 30.7. The second kappa shape index (κ2) is 33.9. The van der Waals surface area contributed by atoms with Crippen molar-refractivity contribution in [2.75, 3.05) is 12.5 Å². The molecule has 6 atom stereocenters. The monoisotopic (exact) mass is 1300 g/mol. The molecule has 3 N–H and O–H groups in total.